The van der Waals surface area contributed by atoms with Gasteiger partial charge in [0, 0.05) is 7.05 Å². The van der Waals surface area contributed by atoms with Crippen LogP contribution in [0.4, 0.5) is 0 Å². The van der Waals surface area contributed by atoms with Crippen LogP contribution in [-0.4, -0.2) is 34.3 Å². The summed E-state index contributed by atoms with van der Waals surface area (Å²) in [7, 11) is -2.10. The van der Waals surface area contributed by atoms with E-state index in [0.717, 1.165) is 0 Å². The first-order valence-corrected chi connectivity index (χ1v) is 7.78. The fourth-order valence-corrected chi connectivity index (χ4v) is 3.70. The third-order valence-corrected chi connectivity index (χ3v) is 4.96. The minimum atomic E-state index is -3.70. The molecule has 0 aliphatic heterocycles. The Morgan fingerprint density at radius 2 is 1.95 bits per heavy atom. The zero-order valence-electron chi connectivity index (χ0n) is 11.9. The number of rotatable bonds is 4. The van der Waals surface area contributed by atoms with E-state index in [1.165, 1.54) is 17.1 Å². The molecule has 0 saturated carbocycles. The van der Waals surface area contributed by atoms with E-state index in [-0.39, 0.29) is 16.2 Å². The van der Waals surface area contributed by atoms with E-state index in [9.17, 15) is 13.2 Å². The van der Waals surface area contributed by atoms with Crippen LogP contribution in [0, 0.1) is 13.8 Å². The molecule has 1 heterocycles. The van der Waals surface area contributed by atoms with Gasteiger partial charge in [-0.15, -0.1) is 0 Å². The van der Waals surface area contributed by atoms with Gasteiger partial charge in [-0.2, -0.15) is 5.10 Å². The summed E-state index contributed by atoms with van der Waals surface area (Å²) in [6, 6.07) is 2.77. The maximum absolute atomic E-state index is 12.5. The zero-order valence-corrected chi connectivity index (χ0v) is 12.7. The molecular weight excluding hydrogens is 294 g/mol. The van der Waals surface area contributed by atoms with Crippen molar-refractivity contribution in [3.05, 3.63) is 41.0 Å². The summed E-state index contributed by atoms with van der Waals surface area (Å²) in [4.78, 5) is 15.1. The second-order valence-electron chi connectivity index (χ2n) is 4.80. The van der Waals surface area contributed by atoms with Crippen molar-refractivity contribution >= 4 is 15.8 Å². The lowest BCUT2D eigenvalue weighted by atomic mass is 10.1. The number of carboxylic acid groups (broad SMARTS) is 1. The standard InChI is InChI=1S/C13H15N3O4S/c1-8-4-9(2)11(5-10(8)13(17)18)21(19,20)6-12-14-7-15-16(12)3/h4-5,7H,6H2,1-3H3,(H,17,18). The van der Waals surface area contributed by atoms with Gasteiger partial charge >= 0.3 is 5.97 Å². The number of aromatic nitrogens is 3. The third-order valence-electron chi connectivity index (χ3n) is 3.21. The number of carboxylic acids is 1. The molecule has 0 atom stereocenters. The van der Waals surface area contributed by atoms with Crippen LogP contribution < -0.4 is 0 Å². The number of benzene rings is 1. The van der Waals surface area contributed by atoms with Gasteiger partial charge < -0.3 is 5.11 Å². The minimum Gasteiger partial charge on any atom is -0.478 e. The molecule has 0 saturated heterocycles. The summed E-state index contributed by atoms with van der Waals surface area (Å²) in [6.07, 6.45) is 1.27. The molecule has 1 aromatic carbocycles. The molecule has 0 radical (unpaired) electrons. The number of carbonyl (C=O) groups is 1. The van der Waals surface area contributed by atoms with Crippen LogP contribution >= 0.6 is 0 Å². The monoisotopic (exact) mass is 309 g/mol. The highest BCUT2D eigenvalue weighted by Crippen LogP contribution is 2.23. The number of nitrogens with zero attached hydrogens (tertiary/aromatic N) is 3. The van der Waals surface area contributed by atoms with Crippen LogP contribution in [0.5, 0.6) is 0 Å². The molecule has 0 aliphatic carbocycles. The summed E-state index contributed by atoms with van der Waals surface area (Å²) >= 11 is 0. The quantitative estimate of drug-likeness (QED) is 0.907. The van der Waals surface area contributed by atoms with Crippen LogP contribution in [0.25, 0.3) is 0 Å². The molecule has 0 fully saturated rings. The van der Waals surface area contributed by atoms with Crippen molar-refractivity contribution in [2.24, 2.45) is 7.05 Å². The summed E-state index contributed by atoms with van der Waals surface area (Å²) < 4.78 is 26.3. The van der Waals surface area contributed by atoms with Gasteiger partial charge in [0.1, 0.15) is 17.9 Å². The lowest BCUT2D eigenvalue weighted by molar-refractivity contribution is 0.0696. The number of sulfone groups is 1. The topological polar surface area (TPSA) is 102 Å². The van der Waals surface area contributed by atoms with E-state index in [2.05, 4.69) is 10.1 Å². The summed E-state index contributed by atoms with van der Waals surface area (Å²) in [5.74, 6) is -1.18. The zero-order chi connectivity index (χ0) is 15.8. The fraction of sp³-hybridized carbons (Fsp3) is 0.308. The predicted octanol–water partition coefficient (Wildman–Crippen LogP) is 1.10. The molecule has 112 valence electrons. The molecule has 0 spiro atoms. The van der Waals surface area contributed by atoms with E-state index < -0.39 is 15.8 Å². The average molecular weight is 309 g/mol. The maximum Gasteiger partial charge on any atom is 0.335 e. The highest BCUT2D eigenvalue weighted by molar-refractivity contribution is 7.90. The fourth-order valence-electron chi connectivity index (χ4n) is 2.10. The van der Waals surface area contributed by atoms with Crippen molar-refractivity contribution < 1.29 is 18.3 Å². The molecule has 2 aromatic rings. The van der Waals surface area contributed by atoms with Crippen molar-refractivity contribution in [3.8, 4) is 0 Å². The minimum absolute atomic E-state index is 0.00787. The molecule has 0 aliphatic rings. The van der Waals surface area contributed by atoms with Gasteiger partial charge in [0.15, 0.2) is 9.84 Å². The van der Waals surface area contributed by atoms with Gasteiger partial charge in [0.2, 0.25) is 0 Å². The number of aromatic carboxylic acids is 1. The molecule has 21 heavy (non-hydrogen) atoms. The van der Waals surface area contributed by atoms with Crippen molar-refractivity contribution in [3.63, 3.8) is 0 Å². The molecule has 1 N–H and O–H groups in total. The van der Waals surface area contributed by atoms with Crippen LogP contribution in [-0.2, 0) is 22.6 Å². The summed E-state index contributed by atoms with van der Waals surface area (Å²) in [5.41, 5.74) is 1.02. The number of hydrogen-bond donors (Lipinski definition) is 1. The Bertz CT molecular complexity index is 809. The maximum atomic E-state index is 12.5. The first-order valence-electron chi connectivity index (χ1n) is 6.12. The largest absolute Gasteiger partial charge is 0.478 e. The average Bonchev–Trinajstić information content (AvgIpc) is 2.73. The molecule has 7 nitrogen and oxygen atoms in total. The Morgan fingerprint density at radius 3 is 2.48 bits per heavy atom. The number of aryl methyl sites for hydroxylation is 3. The van der Waals surface area contributed by atoms with E-state index in [4.69, 9.17) is 5.11 Å². The van der Waals surface area contributed by atoms with Gasteiger partial charge in [-0.05, 0) is 31.0 Å². The second-order valence-corrected chi connectivity index (χ2v) is 6.75. The van der Waals surface area contributed by atoms with Gasteiger partial charge in [-0.1, -0.05) is 6.07 Å². The highest BCUT2D eigenvalue weighted by Gasteiger charge is 2.23. The summed E-state index contributed by atoms with van der Waals surface area (Å²) in [5, 5.41) is 13.0. The smallest absolute Gasteiger partial charge is 0.335 e. The highest BCUT2D eigenvalue weighted by atomic mass is 32.2. The molecular formula is C13H15N3O4S. The molecule has 2 rings (SSSR count). The first kappa shape index (κ1) is 15.2. The Morgan fingerprint density at radius 1 is 1.29 bits per heavy atom. The van der Waals surface area contributed by atoms with Crippen molar-refractivity contribution in [1.82, 2.24) is 14.8 Å². The Balaban J connectivity index is 2.52. The van der Waals surface area contributed by atoms with Crippen molar-refractivity contribution in [2.75, 3.05) is 0 Å². The molecule has 8 heteroatoms. The van der Waals surface area contributed by atoms with Crippen molar-refractivity contribution in [1.29, 1.82) is 0 Å². The van der Waals surface area contributed by atoms with E-state index in [1.807, 2.05) is 0 Å². The van der Waals surface area contributed by atoms with Gasteiger partial charge in [-0.25, -0.2) is 18.2 Å². The van der Waals surface area contributed by atoms with Gasteiger partial charge in [-0.3, -0.25) is 4.68 Å². The molecule has 1 aromatic heterocycles. The lowest BCUT2D eigenvalue weighted by Crippen LogP contribution is -2.13. The summed E-state index contributed by atoms with van der Waals surface area (Å²) in [6.45, 7) is 3.28. The normalized spacial score (nSPS) is 11.6. The van der Waals surface area contributed by atoms with Crippen molar-refractivity contribution in [2.45, 2.75) is 24.5 Å². The number of hydrogen-bond acceptors (Lipinski definition) is 5. The van der Waals surface area contributed by atoms with Gasteiger partial charge in [0.25, 0.3) is 0 Å². The van der Waals surface area contributed by atoms with Crippen LogP contribution in [0.3, 0.4) is 0 Å². The molecule has 0 bridgehead atoms. The van der Waals surface area contributed by atoms with Crippen LogP contribution in [0.2, 0.25) is 0 Å². The predicted molar refractivity (Wildman–Crippen MR) is 74.8 cm³/mol. The van der Waals surface area contributed by atoms with E-state index in [1.54, 1.807) is 27.0 Å². The Hall–Kier alpha value is -2.22. The third kappa shape index (κ3) is 2.94. The molecule has 0 unspecified atom stereocenters. The SMILES string of the molecule is Cc1cc(C)c(S(=O)(=O)Cc2ncnn2C)cc1C(=O)O. The Kier molecular flexibility index (Phi) is 3.82. The van der Waals surface area contributed by atoms with Crippen LogP contribution in [0.1, 0.15) is 27.3 Å². The van der Waals surface area contributed by atoms with Gasteiger partial charge in [0.05, 0.1) is 10.5 Å². The van der Waals surface area contributed by atoms with E-state index in [0.29, 0.717) is 17.0 Å². The van der Waals surface area contributed by atoms with E-state index >= 15 is 0 Å². The second kappa shape index (κ2) is 5.28. The Labute approximate surface area is 122 Å². The molecule has 0 amide bonds. The lowest BCUT2D eigenvalue weighted by Gasteiger charge is -2.10. The first-order chi connectivity index (χ1) is 9.72. The van der Waals surface area contributed by atoms with Crippen LogP contribution in [0.15, 0.2) is 23.4 Å².